The first-order valence-corrected chi connectivity index (χ1v) is 5.71. The average molecular weight is 338 g/mol. The highest BCUT2D eigenvalue weighted by Crippen LogP contribution is 2.18. The summed E-state index contributed by atoms with van der Waals surface area (Å²) < 4.78 is 4.62. The molecule has 3 heteroatoms. The Balaban J connectivity index is 0.00000108. The minimum absolute atomic E-state index is 0. The number of imidazole rings is 1. The number of pyridine rings is 1. The summed E-state index contributed by atoms with van der Waals surface area (Å²) in [5.74, 6) is 0. The Bertz CT molecular complexity index is 670. The minimum atomic E-state index is 0. The molecule has 0 aliphatic carbocycles. The molecule has 0 saturated carbocycles. The fourth-order valence-corrected chi connectivity index (χ4v) is 2.47. The van der Waals surface area contributed by atoms with Gasteiger partial charge in [-0.3, -0.25) is 0 Å². The Morgan fingerprint density at radius 3 is 2.71 bits per heavy atom. The van der Waals surface area contributed by atoms with Crippen LogP contribution in [0.3, 0.4) is 0 Å². The monoisotopic (exact) mass is 338 g/mol. The number of aromatic nitrogens is 2. The summed E-state index contributed by atoms with van der Waals surface area (Å²) >= 11 is 0. The molecule has 3 aromatic rings. The second-order valence-electron chi connectivity index (χ2n) is 4.12. The van der Waals surface area contributed by atoms with Gasteiger partial charge in [0.25, 0.3) is 5.65 Å². The Morgan fingerprint density at radius 1 is 1.12 bits per heavy atom. The lowest BCUT2D eigenvalue weighted by Crippen LogP contribution is -3.00. The van der Waals surface area contributed by atoms with Crippen LogP contribution >= 0.6 is 0 Å². The van der Waals surface area contributed by atoms with Crippen LogP contribution in [0, 0.1) is 6.92 Å². The summed E-state index contributed by atoms with van der Waals surface area (Å²) in [4.78, 5) is 0. The standard InChI is InChI=1S/C14H15N2.HI/c1-3-15-12-8-6-7-11(2)14(12)16-10-5-4-9-13(15)16;/h4-10H,3H2,1-2H3;1H/q+1;/p-1. The molecule has 1 aromatic carbocycles. The third-order valence-electron chi connectivity index (χ3n) is 3.18. The number of halogens is 1. The SMILES string of the molecule is CCn1c2cccc(C)c2[n+]2ccccc12.[I-]. The van der Waals surface area contributed by atoms with E-state index >= 15 is 0 Å². The number of aryl methyl sites for hydroxylation is 2. The highest BCUT2D eigenvalue weighted by atomic mass is 127. The molecular weight excluding hydrogens is 323 g/mol. The molecule has 88 valence electrons. The van der Waals surface area contributed by atoms with Gasteiger partial charge in [-0.1, -0.05) is 18.2 Å². The number of nitrogens with zero attached hydrogens (tertiary/aromatic N) is 2. The fourth-order valence-electron chi connectivity index (χ4n) is 2.47. The fraction of sp³-hybridized carbons (Fsp3) is 0.214. The van der Waals surface area contributed by atoms with Crippen LogP contribution in [0.4, 0.5) is 0 Å². The minimum Gasteiger partial charge on any atom is -1.00 e. The predicted octanol–water partition coefficient (Wildman–Crippen LogP) is -0.288. The van der Waals surface area contributed by atoms with Gasteiger partial charge in [0.1, 0.15) is 0 Å². The maximum atomic E-state index is 2.35. The van der Waals surface area contributed by atoms with E-state index in [0.29, 0.717) is 0 Å². The molecule has 0 unspecified atom stereocenters. The second-order valence-corrected chi connectivity index (χ2v) is 4.12. The van der Waals surface area contributed by atoms with Crippen LogP contribution in [0.1, 0.15) is 12.5 Å². The first-order chi connectivity index (χ1) is 7.83. The summed E-state index contributed by atoms with van der Waals surface area (Å²) in [5, 5.41) is 0. The van der Waals surface area contributed by atoms with Crippen LogP contribution in [0.2, 0.25) is 0 Å². The number of hydrogen-bond acceptors (Lipinski definition) is 0. The molecule has 0 bridgehead atoms. The zero-order valence-electron chi connectivity index (χ0n) is 10.0. The highest BCUT2D eigenvalue weighted by Gasteiger charge is 2.17. The molecule has 0 aliphatic rings. The second kappa shape index (κ2) is 4.64. The topological polar surface area (TPSA) is 9.03 Å². The van der Waals surface area contributed by atoms with Crippen molar-refractivity contribution in [1.82, 2.24) is 4.57 Å². The molecule has 3 rings (SSSR count). The quantitative estimate of drug-likeness (QED) is 0.426. The lowest BCUT2D eigenvalue weighted by Gasteiger charge is -1.92. The van der Waals surface area contributed by atoms with Gasteiger partial charge in [-0.2, -0.15) is 4.40 Å². The van der Waals surface area contributed by atoms with Gasteiger partial charge >= 0.3 is 0 Å². The third-order valence-corrected chi connectivity index (χ3v) is 3.18. The van der Waals surface area contributed by atoms with Crippen molar-refractivity contribution >= 4 is 16.7 Å². The van der Waals surface area contributed by atoms with Gasteiger partial charge in [0.15, 0.2) is 11.0 Å². The van der Waals surface area contributed by atoms with Crippen molar-refractivity contribution in [3.05, 3.63) is 48.2 Å². The van der Waals surface area contributed by atoms with Crippen molar-refractivity contribution in [1.29, 1.82) is 0 Å². The zero-order chi connectivity index (χ0) is 11.1. The maximum absolute atomic E-state index is 2.35. The van der Waals surface area contributed by atoms with Crippen LogP contribution in [0.5, 0.6) is 0 Å². The van der Waals surface area contributed by atoms with Gasteiger partial charge in [0.2, 0.25) is 0 Å². The van der Waals surface area contributed by atoms with Gasteiger partial charge in [-0.25, -0.2) is 4.57 Å². The first kappa shape index (κ1) is 12.4. The van der Waals surface area contributed by atoms with Crippen LogP contribution in [0.15, 0.2) is 42.6 Å². The molecule has 2 aromatic heterocycles. The van der Waals surface area contributed by atoms with Gasteiger partial charge in [0.05, 0.1) is 12.7 Å². The van der Waals surface area contributed by atoms with E-state index in [2.05, 4.69) is 65.4 Å². The molecule has 0 saturated heterocycles. The summed E-state index contributed by atoms with van der Waals surface area (Å²) in [7, 11) is 0. The molecule has 0 amide bonds. The normalized spacial score (nSPS) is 10.7. The van der Waals surface area contributed by atoms with Gasteiger partial charge in [-0.15, -0.1) is 0 Å². The van der Waals surface area contributed by atoms with E-state index in [9.17, 15) is 0 Å². The van der Waals surface area contributed by atoms with Crippen molar-refractivity contribution < 1.29 is 28.4 Å². The van der Waals surface area contributed by atoms with Crippen LogP contribution in [-0.2, 0) is 6.54 Å². The Kier molecular flexibility index (Phi) is 3.38. The van der Waals surface area contributed by atoms with E-state index in [0.717, 1.165) is 6.54 Å². The summed E-state index contributed by atoms with van der Waals surface area (Å²) in [5.41, 5.74) is 5.22. The lowest BCUT2D eigenvalue weighted by molar-refractivity contribution is -0.482. The maximum Gasteiger partial charge on any atom is 0.287 e. The molecular formula is C14H15IN2. The number of benzene rings is 1. The van der Waals surface area contributed by atoms with Crippen LogP contribution in [0.25, 0.3) is 16.7 Å². The van der Waals surface area contributed by atoms with E-state index < -0.39 is 0 Å². The van der Waals surface area contributed by atoms with Crippen molar-refractivity contribution in [2.45, 2.75) is 20.4 Å². The molecule has 0 fully saturated rings. The first-order valence-electron chi connectivity index (χ1n) is 5.71. The number of rotatable bonds is 1. The van der Waals surface area contributed by atoms with Crippen molar-refractivity contribution in [2.24, 2.45) is 0 Å². The lowest BCUT2D eigenvalue weighted by atomic mass is 10.2. The molecule has 0 radical (unpaired) electrons. The molecule has 2 heterocycles. The Labute approximate surface area is 118 Å². The van der Waals surface area contributed by atoms with Crippen molar-refractivity contribution in [3.8, 4) is 0 Å². The number of fused-ring (bicyclic) bond motifs is 3. The molecule has 0 aliphatic heterocycles. The molecule has 0 N–H and O–H groups in total. The zero-order valence-corrected chi connectivity index (χ0v) is 12.2. The van der Waals surface area contributed by atoms with E-state index in [1.807, 2.05) is 0 Å². The smallest absolute Gasteiger partial charge is 0.287 e. The largest absolute Gasteiger partial charge is 1.00 e. The van der Waals surface area contributed by atoms with Crippen LogP contribution in [-0.4, -0.2) is 4.57 Å². The summed E-state index contributed by atoms with van der Waals surface area (Å²) in [6, 6.07) is 12.8. The number of para-hydroxylation sites is 1. The molecule has 0 atom stereocenters. The predicted molar refractivity (Wildman–Crippen MR) is 65.5 cm³/mol. The van der Waals surface area contributed by atoms with E-state index in [1.54, 1.807) is 0 Å². The third kappa shape index (κ3) is 1.73. The molecule has 17 heavy (non-hydrogen) atoms. The highest BCUT2D eigenvalue weighted by molar-refractivity contribution is 5.78. The van der Waals surface area contributed by atoms with Crippen molar-refractivity contribution in [3.63, 3.8) is 0 Å². The number of hydrogen-bond donors (Lipinski definition) is 0. The van der Waals surface area contributed by atoms with E-state index in [-0.39, 0.29) is 24.0 Å². The van der Waals surface area contributed by atoms with E-state index in [4.69, 9.17) is 0 Å². The van der Waals surface area contributed by atoms with Gasteiger partial charge < -0.3 is 24.0 Å². The van der Waals surface area contributed by atoms with E-state index in [1.165, 1.54) is 22.2 Å². The van der Waals surface area contributed by atoms with Gasteiger partial charge in [0, 0.05) is 11.6 Å². The van der Waals surface area contributed by atoms with Crippen molar-refractivity contribution in [2.75, 3.05) is 0 Å². The van der Waals surface area contributed by atoms with Crippen LogP contribution < -0.4 is 28.4 Å². The van der Waals surface area contributed by atoms with Gasteiger partial charge in [-0.05, 0) is 26.0 Å². The Hall–Kier alpha value is -1.10. The average Bonchev–Trinajstić information content (AvgIpc) is 2.64. The molecule has 0 spiro atoms. The summed E-state index contributed by atoms with van der Waals surface area (Å²) in [6.07, 6.45) is 2.14. The molecule has 2 nitrogen and oxygen atoms in total. The Morgan fingerprint density at radius 2 is 1.94 bits per heavy atom. The summed E-state index contributed by atoms with van der Waals surface area (Å²) in [6.45, 7) is 5.36.